The topological polar surface area (TPSA) is 41.2 Å². The summed E-state index contributed by atoms with van der Waals surface area (Å²) in [5, 5.41) is 7.54. The Kier molecular flexibility index (Phi) is 4.07. The van der Waals surface area contributed by atoms with E-state index >= 15 is 0 Å². The van der Waals surface area contributed by atoms with Gasteiger partial charge in [-0.3, -0.25) is 5.10 Å². The lowest BCUT2D eigenvalue weighted by molar-refractivity contribution is 0.172. The molecule has 1 aliphatic rings. The van der Waals surface area contributed by atoms with Crippen molar-refractivity contribution in [3.05, 3.63) is 17.5 Å². The molecule has 2 rings (SSSR count). The Morgan fingerprint density at radius 3 is 2.83 bits per heavy atom. The van der Waals surface area contributed by atoms with Crippen molar-refractivity contribution >= 4 is 0 Å². The fourth-order valence-corrected chi connectivity index (χ4v) is 2.35. The number of hydrogen-bond donors (Lipinski definition) is 1. The third-order valence-electron chi connectivity index (χ3n) is 3.43. The van der Waals surface area contributed by atoms with Crippen LogP contribution in [0.15, 0.2) is 6.07 Å². The molecule has 1 atom stereocenters. The van der Waals surface area contributed by atoms with E-state index in [1.807, 2.05) is 0 Å². The van der Waals surface area contributed by atoms with Gasteiger partial charge in [0.1, 0.15) is 0 Å². The number of aromatic nitrogens is 2. The third-order valence-corrected chi connectivity index (χ3v) is 3.43. The number of nitrogens with zero attached hydrogens (tertiary/aromatic N) is 2. The van der Waals surface area contributed by atoms with Gasteiger partial charge in [-0.1, -0.05) is 20.8 Å². The molecule has 0 aromatic carbocycles. The van der Waals surface area contributed by atoms with E-state index in [9.17, 15) is 0 Å². The molecule has 0 amide bonds. The Morgan fingerprint density at radius 2 is 2.28 bits per heavy atom. The summed E-state index contributed by atoms with van der Waals surface area (Å²) >= 11 is 0. The number of nitrogens with one attached hydrogen (secondary N) is 1. The van der Waals surface area contributed by atoms with Gasteiger partial charge in [-0.15, -0.1) is 0 Å². The molecule has 0 spiro atoms. The SMILES string of the molecule is CN(Cc1cc(C(C)(C)C)n[nH]1)C[C@H]1CCOC1. The molecule has 0 saturated carbocycles. The van der Waals surface area contributed by atoms with E-state index in [1.165, 1.54) is 12.1 Å². The lowest BCUT2D eigenvalue weighted by Crippen LogP contribution is -2.25. The van der Waals surface area contributed by atoms with E-state index in [4.69, 9.17) is 4.74 Å². The van der Waals surface area contributed by atoms with Gasteiger partial charge in [0.05, 0.1) is 12.3 Å². The van der Waals surface area contributed by atoms with Gasteiger partial charge in [-0.2, -0.15) is 5.10 Å². The average Bonchev–Trinajstić information content (AvgIpc) is 2.87. The summed E-state index contributed by atoms with van der Waals surface area (Å²) < 4.78 is 5.41. The summed E-state index contributed by atoms with van der Waals surface area (Å²) in [7, 11) is 2.16. The molecular formula is C14H25N3O. The Bertz CT molecular complexity index is 375. The predicted octanol–water partition coefficient (Wildman–Crippen LogP) is 2.18. The van der Waals surface area contributed by atoms with Gasteiger partial charge >= 0.3 is 0 Å². The van der Waals surface area contributed by atoms with Crippen molar-refractivity contribution in [1.29, 1.82) is 0 Å². The highest BCUT2D eigenvalue weighted by molar-refractivity contribution is 5.16. The van der Waals surface area contributed by atoms with Crippen LogP contribution in [0.3, 0.4) is 0 Å². The maximum absolute atomic E-state index is 5.41. The summed E-state index contributed by atoms with van der Waals surface area (Å²) in [6.45, 7) is 10.4. The van der Waals surface area contributed by atoms with E-state index in [0.717, 1.165) is 32.0 Å². The van der Waals surface area contributed by atoms with Crippen LogP contribution in [0.5, 0.6) is 0 Å². The fourth-order valence-electron chi connectivity index (χ4n) is 2.35. The summed E-state index contributed by atoms with van der Waals surface area (Å²) in [6.07, 6.45) is 1.19. The zero-order chi connectivity index (χ0) is 13.2. The van der Waals surface area contributed by atoms with E-state index in [-0.39, 0.29) is 5.41 Å². The number of aromatic amines is 1. The molecular weight excluding hydrogens is 226 g/mol. The Balaban J connectivity index is 1.86. The molecule has 102 valence electrons. The van der Waals surface area contributed by atoms with Gasteiger partial charge in [-0.25, -0.2) is 0 Å². The zero-order valence-electron chi connectivity index (χ0n) is 12.0. The van der Waals surface area contributed by atoms with Gasteiger partial charge in [-0.05, 0) is 25.5 Å². The summed E-state index contributed by atoms with van der Waals surface area (Å²) in [5.74, 6) is 0.694. The molecule has 1 N–H and O–H groups in total. The molecule has 4 heteroatoms. The quantitative estimate of drug-likeness (QED) is 0.891. The van der Waals surface area contributed by atoms with Crippen molar-refractivity contribution in [3.8, 4) is 0 Å². The second kappa shape index (κ2) is 5.41. The van der Waals surface area contributed by atoms with E-state index in [2.05, 4.69) is 49.0 Å². The van der Waals surface area contributed by atoms with Crippen LogP contribution >= 0.6 is 0 Å². The second-order valence-electron chi connectivity index (χ2n) is 6.45. The maximum Gasteiger partial charge on any atom is 0.0678 e. The molecule has 0 bridgehead atoms. The lowest BCUT2D eigenvalue weighted by Gasteiger charge is -2.19. The largest absolute Gasteiger partial charge is 0.381 e. The van der Waals surface area contributed by atoms with Crippen molar-refractivity contribution in [1.82, 2.24) is 15.1 Å². The highest BCUT2D eigenvalue weighted by atomic mass is 16.5. The summed E-state index contributed by atoms with van der Waals surface area (Å²) in [5.41, 5.74) is 2.45. The molecule has 1 aliphatic heterocycles. The maximum atomic E-state index is 5.41. The molecule has 1 saturated heterocycles. The van der Waals surface area contributed by atoms with Crippen molar-refractivity contribution in [2.75, 3.05) is 26.8 Å². The summed E-state index contributed by atoms with van der Waals surface area (Å²) in [4.78, 5) is 2.35. The first-order valence-corrected chi connectivity index (χ1v) is 6.76. The van der Waals surface area contributed by atoms with E-state index in [1.54, 1.807) is 0 Å². The van der Waals surface area contributed by atoms with Crippen LogP contribution in [0.25, 0.3) is 0 Å². The highest BCUT2D eigenvalue weighted by Crippen LogP contribution is 2.21. The molecule has 0 unspecified atom stereocenters. The molecule has 2 heterocycles. The normalized spacial score (nSPS) is 20.8. The van der Waals surface area contributed by atoms with Crippen molar-refractivity contribution in [2.24, 2.45) is 5.92 Å². The molecule has 4 nitrogen and oxygen atoms in total. The van der Waals surface area contributed by atoms with Gasteiger partial charge in [0.2, 0.25) is 0 Å². The first-order valence-electron chi connectivity index (χ1n) is 6.76. The third kappa shape index (κ3) is 3.56. The standard InChI is InChI=1S/C14H25N3O/c1-14(2,3)13-7-12(15-16-13)9-17(4)8-11-5-6-18-10-11/h7,11H,5-6,8-10H2,1-4H3,(H,15,16)/t11-/m1/s1. The van der Waals surface area contributed by atoms with Crippen LogP contribution in [0.4, 0.5) is 0 Å². The minimum absolute atomic E-state index is 0.118. The van der Waals surface area contributed by atoms with Crippen molar-refractivity contribution < 1.29 is 4.74 Å². The van der Waals surface area contributed by atoms with E-state index in [0.29, 0.717) is 5.92 Å². The molecule has 1 fully saturated rings. The molecule has 18 heavy (non-hydrogen) atoms. The first kappa shape index (κ1) is 13.6. The fraction of sp³-hybridized carbons (Fsp3) is 0.786. The molecule has 1 aromatic rings. The Morgan fingerprint density at radius 1 is 1.50 bits per heavy atom. The van der Waals surface area contributed by atoms with Crippen LogP contribution in [-0.2, 0) is 16.7 Å². The predicted molar refractivity (Wildman–Crippen MR) is 72.5 cm³/mol. The number of H-pyrrole nitrogens is 1. The van der Waals surface area contributed by atoms with Gasteiger partial charge in [0, 0.05) is 30.8 Å². The van der Waals surface area contributed by atoms with Gasteiger partial charge in [0.15, 0.2) is 0 Å². The second-order valence-corrected chi connectivity index (χ2v) is 6.45. The smallest absolute Gasteiger partial charge is 0.0678 e. The van der Waals surface area contributed by atoms with Gasteiger partial charge < -0.3 is 9.64 Å². The Hall–Kier alpha value is -0.870. The lowest BCUT2D eigenvalue weighted by atomic mass is 9.92. The van der Waals surface area contributed by atoms with Crippen molar-refractivity contribution in [2.45, 2.75) is 39.2 Å². The number of hydrogen-bond acceptors (Lipinski definition) is 3. The van der Waals surface area contributed by atoms with Gasteiger partial charge in [0.25, 0.3) is 0 Å². The monoisotopic (exact) mass is 251 g/mol. The van der Waals surface area contributed by atoms with Crippen LogP contribution < -0.4 is 0 Å². The molecule has 1 aromatic heterocycles. The van der Waals surface area contributed by atoms with Crippen LogP contribution in [-0.4, -0.2) is 41.9 Å². The summed E-state index contributed by atoms with van der Waals surface area (Å²) in [6, 6.07) is 2.18. The minimum atomic E-state index is 0.118. The number of rotatable bonds is 4. The van der Waals surface area contributed by atoms with Crippen LogP contribution in [0.1, 0.15) is 38.6 Å². The first-order chi connectivity index (χ1) is 8.45. The number of ether oxygens (including phenoxy) is 1. The van der Waals surface area contributed by atoms with Crippen LogP contribution in [0.2, 0.25) is 0 Å². The van der Waals surface area contributed by atoms with E-state index < -0.39 is 0 Å². The molecule has 0 aliphatic carbocycles. The molecule has 0 radical (unpaired) electrons. The Labute approximate surface area is 110 Å². The minimum Gasteiger partial charge on any atom is -0.381 e. The van der Waals surface area contributed by atoms with Crippen molar-refractivity contribution in [3.63, 3.8) is 0 Å². The highest BCUT2D eigenvalue weighted by Gasteiger charge is 2.20. The van der Waals surface area contributed by atoms with Crippen LogP contribution in [0, 0.1) is 5.92 Å². The average molecular weight is 251 g/mol. The zero-order valence-corrected chi connectivity index (χ0v) is 12.0.